The summed E-state index contributed by atoms with van der Waals surface area (Å²) in [5.41, 5.74) is 3.13. The molecule has 2 aliphatic heterocycles. The summed E-state index contributed by atoms with van der Waals surface area (Å²) in [4.78, 5) is 39.0. The van der Waals surface area contributed by atoms with E-state index in [0.29, 0.717) is 35.7 Å². The summed E-state index contributed by atoms with van der Waals surface area (Å²) in [7, 11) is 0.0843. The third-order valence-electron chi connectivity index (χ3n) is 7.24. The highest BCUT2D eigenvalue weighted by Gasteiger charge is 2.59. The van der Waals surface area contributed by atoms with E-state index >= 15 is 0 Å². The quantitative estimate of drug-likeness (QED) is 0.342. The van der Waals surface area contributed by atoms with E-state index in [-0.39, 0.29) is 18.8 Å². The van der Waals surface area contributed by atoms with Crippen molar-refractivity contribution in [2.45, 2.75) is 65.0 Å². The molecule has 0 spiro atoms. The smallest absolute Gasteiger partial charge is 0.455 e. The first kappa shape index (κ1) is 25.4. The molecule has 0 radical (unpaired) electrons. The Morgan fingerprint density at radius 2 is 2.06 bits per heavy atom. The van der Waals surface area contributed by atoms with Crippen molar-refractivity contribution in [2.24, 2.45) is 17.8 Å². The number of likely N-dealkylation sites (tertiary alicyclic amines) is 1. The molecule has 0 saturated carbocycles. The Labute approximate surface area is 204 Å². The summed E-state index contributed by atoms with van der Waals surface area (Å²) in [6.45, 7) is 3.87. The van der Waals surface area contributed by atoms with Crippen LogP contribution in [0.15, 0.2) is 33.3 Å². The molecule has 0 unspecified atom stereocenters. The Kier molecular flexibility index (Phi) is 7.63. The third kappa shape index (κ3) is 4.87. The summed E-state index contributed by atoms with van der Waals surface area (Å²) in [5, 5.41) is 19.7. The normalized spacial score (nSPS) is 26.8. The molecule has 10 heteroatoms. The number of aliphatic hydroxyl groups excluding tert-OH is 1. The van der Waals surface area contributed by atoms with E-state index in [4.69, 9.17) is 9.07 Å². The van der Waals surface area contributed by atoms with Gasteiger partial charge in [0.15, 0.2) is 0 Å². The predicted molar refractivity (Wildman–Crippen MR) is 126 cm³/mol. The maximum Gasteiger partial charge on any atom is 0.455 e. The van der Waals surface area contributed by atoms with Crippen LogP contribution in [0.3, 0.4) is 0 Å². The fraction of sp³-hybridized carbons (Fsp3) is 0.560. The van der Waals surface area contributed by atoms with Crippen molar-refractivity contribution in [3.05, 3.63) is 40.4 Å². The average molecular weight is 485 g/mol. The Balaban J connectivity index is 1.60. The Morgan fingerprint density at radius 3 is 2.71 bits per heavy atom. The van der Waals surface area contributed by atoms with Gasteiger partial charge in [-0.2, -0.15) is 4.90 Å². The van der Waals surface area contributed by atoms with Gasteiger partial charge in [-0.05, 0) is 68.6 Å². The van der Waals surface area contributed by atoms with Gasteiger partial charge in [0.2, 0.25) is 11.8 Å². The van der Waals surface area contributed by atoms with Gasteiger partial charge in [-0.3, -0.25) is 9.59 Å². The lowest BCUT2D eigenvalue weighted by Crippen LogP contribution is -2.46. The molecule has 3 heterocycles. The summed E-state index contributed by atoms with van der Waals surface area (Å²) in [6, 6.07) is 3.52. The van der Waals surface area contributed by atoms with E-state index < -0.39 is 43.0 Å². The molecule has 35 heavy (non-hydrogen) atoms. The van der Waals surface area contributed by atoms with Crippen LogP contribution >= 0.6 is 0 Å². The van der Waals surface area contributed by atoms with Crippen LogP contribution in [0.5, 0.6) is 0 Å². The van der Waals surface area contributed by atoms with Crippen molar-refractivity contribution in [1.82, 2.24) is 4.90 Å². The number of furan rings is 1. The highest BCUT2D eigenvalue weighted by molar-refractivity contribution is 6.43. The van der Waals surface area contributed by atoms with Crippen LogP contribution in [-0.2, 0) is 25.6 Å². The molecule has 0 aromatic carbocycles. The fourth-order valence-electron chi connectivity index (χ4n) is 5.80. The molecule has 2 N–H and O–H groups in total. The lowest BCUT2D eigenvalue weighted by atomic mass is 9.58. The molecule has 3 aliphatic rings. The zero-order chi connectivity index (χ0) is 25.3. The number of hydrogen-bond acceptors (Lipinski definition) is 8. The molecule has 9 nitrogen and oxygen atoms in total. The number of rotatable bonds is 7. The highest BCUT2D eigenvalue weighted by Crippen LogP contribution is 2.51. The lowest BCUT2D eigenvalue weighted by molar-refractivity contribution is -0.137. The van der Waals surface area contributed by atoms with E-state index in [1.54, 1.807) is 12.1 Å². The van der Waals surface area contributed by atoms with Gasteiger partial charge >= 0.3 is 13.2 Å². The second kappa shape index (κ2) is 10.5. The summed E-state index contributed by atoms with van der Waals surface area (Å²) < 4.78 is 16.2. The number of ether oxygens (including phenoxy) is 1. The average Bonchev–Trinajstić information content (AvgIpc) is 3.38. The van der Waals surface area contributed by atoms with Gasteiger partial charge in [-0.15, -0.1) is 0 Å². The minimum absolute atomic E-state index is 0.159. The molecule has 1 aromatic heterocycles. The SMILES string of the molecule is CCCC1=C2[C@@H](CC/C(C)=C/c3ccc(CO)o3)OB(O)C[C@@H]2[C@@H]2C(=O)N(C(=O)OC)C(=O)[C@@H]2C1. The van der Waals surface area contributed by atoms with Crippen molar-refractivity contribution in [3.63, 3.8) is 0 Å². The van der Waals surface area contributed by atoms with Crippen LogP contribution in [0, 0.1) is 17.8 Å². The first-order chi connectivity index (χ1) is 16.8. The minimum atomic E-state index is -1.06. The monoisotopic (exact) mass is 485 g/mol. The highest BCUT2D eigenvalue weighted by atomic mass is 16.5. The standard InChI is InChI=1S/C25H32BNO8/c1-4-5-15-11-18-22(24(30)27(23(18)29)25(31)33-3)19-12-26(32)35-20(21(15)19)9-6-14(2)10-16-7-8-17(13-28)34-16/h7-8,10,18-20,22,28,32H,4-6,9,11-13H2,1-3H3/b14-10+/t18-,19+,20-,22-/m1/s1. The number of amides is 3. The van der Waals surface area contributed by atoms with Crippen LogP contribution in [0.4, 0.5) is 4.79 Å². The lowest BCUT2D eigenvalue weighted by Gasteiger charge is -2.43. The number of aliphatic hydroxyl groups is 1. The molecule has 2 fully saturated rings. The summed E-state index contributed by atoms with van der Waals surface area (Å²) in [5.74, 6) is -1.61. The maximum absolute atomic E-state index is 13.2. The number of methoxy groups -OCH3 is 1. The molecule has 4 atom stereocenters. The largest absolute Gasteiger partial charge is 0.459 e. The van der Waals surface area contributed by atoms with Crippen molar-refractivity contribution in [2.75, 3.05) is 7.11 Å². The summed E-state index contributed by atoms with van der Waals surface area (Å²) >= 11 is 0. The van der Waals surface area contributed by atoms with Crippen molar-refractivity contribution in [1.29, 1.82) is 0 Å². The van der Waals surface area contributed by atoms with Gasteiger partial charge in [0.25, 0.3) is 0 Å². The van der Waals surface area contributed by atoms with Gasteiger partial charge in [-0.25, -0.2) is 4.79 Å². The van der Waals surface area contributed by atoms with Crippen molar-refractivity contribution < 1.29 is 38.3 Å². The van der Waals surface area contributed by atoms with Crippen LogP contribution in [0.1, 0.15) is 57.5 Å². The number of fused-ring (bicyclic) bond motifs is 3. The van der Waals surface area contributed by atoms with Crippen LogP contribution in [-0.4, -0.2) is 53.3 Å². The van der Waals surface area contributed by atoms with Crippen LogP contribution in [0.25, 0.3) is 6.08 Å². The molecular weight excluding hydrogens is 453 g/mol. The van der Waals surface area contributed by atoms with Gasteiger partial charge < -0.3 is 23.9 Å². The van der Waals surface area contributed by atoms with Crippen molar-refractivity contribution in [3.8, 4) is 0 Å². The van der Waals surface area contributed by atoms with Gasteiger partial charge in [-0.1, -0.05) is 24.5 Å². The van der Waals surface area contributed by atoms with Crippen LogP contribution < -0.4 is 0 Å². The summed E-state index contributed by atoms with van der Waals surface area (Å²) in [6.07, 6.45) is 4.05. The van der Waals surface area contributed by atoms with Crippen LogP contribution in [0.2, 0.25) is 6.32 Å². The first-order valence-corrected chi connectivity index (χ1v) is 12.2. The Bertz CT molecular complexity index is 1060. The molecule has 3 amide bonds. The Morgan fingerprint density at radius 1 is 1.29 bits per heavy atom. The first-order valence-electron chi connectivity index (χ1n) is 12.2. The maximum atomic E-state index is 13.2. The van der Waals surface area contributed by atoms with Gasteiger partial charge in [0.05, 0.1) is 25.0 Å². The number of carbonyl (C=O) groups excluding carboxylic acids is 3. The van der Waals surface area contributed by atoms with E-state index in [2.05, 4.69) is 11.7 Å². The van der Waals surface area contributed by atoms with Gasteiger partial charge in [0.1, 0.15) is 18.1 Å². The molecule has 2 saturated heterocycles. The van der Waals surface area contributed by atoms with Crippen molar-refractivity contribution >= 4 is 31.1 Å². The zero-order valence-corrected chi connectivity index (χ0v) is 20.4. The molecule has 188 valence electrons. The zero-order valence-electron chi connectivity index (χ0n) is 20.4. The Hall–Kier alpha value is -2.69. The van der Waals surface area contributed by atoms with E-state index in [0.717, 1.165) is 36.7 Å². The number of carbonyl (C=O) groups is 3. The fourth-order valence-corrected chi connectivity index (χ4v) is 5.80. The molecular formula is C25H32BNO8. The van der Waals surface area contributed by atoms with E-state index in [1.807, 2.05) is 13.0 Å². The molecule has 1 aliphatic carbocycles. The second-order valence-corrected chi connectivity index (χ2v) is 9.54. The van der Waals surface area contributed by atoms with Gasteiger partial charge in [0, 0.05) is 0 Å². The molecule has 0 bridgehead atoms. The predicted octanol–water partition coefficient (Wildman–Crippen LogP) is 3.32. The second-order valence-electron chi connectivity index (χ2n) is 9.54. The number of allylic oxidation sites excluding steroid dienone is 2. The van der Waals surface area contributed by atoms with E-state index in [9.17, 15) is 24.5 Å². The number of nitrogens with zero attached hydrogens (tertiary/aromatic N) is 1. The molecule has 1 aromatic rings. The topological polar surface area (TPSA) is 127 Å². The third-order valence-corrected chi connectivity index (χ3v) is 7.24. The minimum Gasteiger partial charge on any atom is -0.459 e. The van der Waals surface area contributed by atoms with E-state index in [1.165, 1.54) is 0 Å². The number of imide groups is 3. The number of hydrogen-bond donors (Lipinski definition) is 2. The molecule has 4 rings (SSSR count).